The van der Waals surface area contributed by atoms with Gasteiger partial charge in [-0.25, -0.2) is 0 Å². The lowest BCUT2D eigenvalue weighted by molar-refractivity contribution is -0.136. The molecule has 2 N–H and O–H groups in total. The van der Waals surface area contributed by atoms with Crippen LogP contribution in [0.5, 0.6) is 0 Å². The lowest BCUT2D eigenvalue weighted by atomic mass is 10.0. The van der Waals surface area contributed by atoms with Gasteiger partial charge in [-0.3, -0.25) is 14.5 Å². The van der Waals surface area contributed by atoms with Gasteiger partial charge >= 0.3 is 0 Å². The van der Waals surface area contributed by atoms with Gasteiger partial charge in [0.25, 0.3) is 0 Å². The Morgan fingerprint density at radius 3 is 2.40 bits per heavy atom. The van der Waals surface area contributed by atoms with Crippen molar-refractivity contribution in [1.82, 2.24) is 9.80 Å². The molecule has 0 radical (unpaired) electrons. The molecule has 1 heterocycles. The smallest absolute Gasteiger partial charge is 0.244 e. The topological polar surface area (TPSA) is 66.6 Å². The van der Waals surface area contributed by atoms with E-state index < -0.39 is 11.9 Å². The highest BCUT2D eigenvalue weighted by Crippen LogP contribution is 2.23. The molecule has 1 unspecified atom stereocenters. The molecule has 1 aromatic rings. The maximum Gasteiger partial charge on any atom is 0.244 e. The first-order valence-electron chi connectivity index (χ1n) is 6.92. The van der Waals surface area contributed by atoms with E-state index in [2.05, 4.69) is 0 Å². The first-order valence-corrected chi connectivity index (χ1v) is 6.92. The van der Waals surface area contributed by atoms with Crippen molar-refractivity contribution in [3.63, 3.8) is 0 Å². The van der Waals surface area contributed by atoms with Gasteiger partial charge in [-0.15, -0.1) is 0 Å². The highest BCUT2D eigenvalue weighted by molar-refractivity contribution is 5.84. The number of likely N-dealkylation sites (N-methyl/N-ethyl adjacent to an activating group) is 1. The van der Waals surface area contributed by atoms with Gasteiger partial charge < -0.3 is 10.6 Å². The largest absolute Gasteiger partial charge is 0.369 e. The number of nitrogens with two attached hydrogens (primary N) is 1. The van der Waals surface area contributed by atoms with Gasteiger partial charge in [0, 0.05) is 13.1 Å². The van der Waals surface area contributed by atoms with Crippen LogP contribution in [0.4, 0.5) is 0 Å². The zero-order valence-electron chi connectivity index (χ0n) is 11.8. The van der Waals surface area contributed by atoms with E-state index in [1.54, 1.807) is 11.9 Å². The molecular weight excluding hydrogens is 254 g/mol. The Kier molecular flexibility index (Phi) is 4.74. The summed E-state index contributed by atoms with van der Waals surface area (Å²) in [7, 11) is 1.76. The quantitative estimate of drug-likeness (QED) is 0.863. The van der Waals surface area contributed by atoms with Gasteiger partial charge in [0.05, 0.1) is 6.54 Å². The number of benzene rings is 1. The van der Waals surface area contributed by atoms with Crippen molar-refractivity contribution in [2.24, 2.45) is 5.73 Å². The number of carbonyl (C=O) groups excluding carboxylic acids is 2. The normalized spacial score (nSPS) is 16.4. The van der Waals surface area contributed by atoms with Crippen molar-refractivity contribution in [2.45, 2.75) is 18.9 Å². The van der Waals surface area contributed by atoms with Gasteiger partial charge in [0.2, 0.25) is 11.8 Å². The van der Waals surface area contributed by atoms with E-state index in [1.165, 1.54) is 0 Å². The molecule has 1 aromatic carbocycles. The van der Waals surface area contributed by atoms with Gasteiger partial charge in [0.15, 0.2) is 0 Å². The van der Waals surface area contributed by atoms with Crippen molar-refractivity contribution >= 4 is 11.8 Å². The van der Waals surface area contributed by atoms with Crippen LogP contribution in [0.2, 0.25) is 0 Å². The Labute approximate surface area is 119 Å². The summed E-state index contributed by atoms with van der Waals surface area (Å²) >= 11 is 0. The molecule has 0 aliphatic carbocycles. The SMILES string of the molecule is CN(CC(N)=O)C(C(=O)N1CCCC1)c1ccccc1. The van der Waals surface area contributed by atoms with E-state index in [0.29, 0.717) is 0 Å². The molecule has 1 aliphatic heterocycles. The zero-order chi connectivity index (χ0) is 14.5. The minimum atomic E-state index is -0.443. The minimum absolute atomic E-state index is 0.0532. The first-order chi connectivity index (χ1) is 9.59. The number of rotatable bonds is 5. The average Bonchev–Trinajstić information content (AvgIpc) is 2.93. The minimum Gasteiger partial charge on any atom is -0.369 e. The van der Waals surface area contributed by atoms with Gasteiger partial charge in [-0.05, 0) is 25.5 Å². The van der Waals surface area contributed by atoms with E-state index in [4.69, 9.17) is 5.73 Å². The van der Waals surface area contributed by atoms with Crippen LogP contribution in [0.25, 0.3) is 0 Å². The van der Waals surface area contributed by atoms with Crippen molar-refractivity contribution < 1.29 is 9.59 Å². The molecule has 1 aliphatic rings. The third-order valence-corrected chi connectivity index (χ3v) is 3.61. The Morgan fingerprint density at radius 2 is 1.85 bits per heavy atom. The fourth-order valence-electron chi connectivity index (χ4n) is 2.67. The summed E-state index contributed by atoms with van der Waals surface area (Å²) in [4.78, 5) is 27.4. The van der Waals surface area contributed by atoms with Crippen LogP contribution < -0.4 is 5.73 Å². The predicted molar refractivity (Wildman–Crippen MR) is 76.8 cm³/mol. The Bertz CT molecular complexity index is 469. The van der Waals surface area contributed by atoms with Crippen molar-refractivity contribution in [1.29, 1.82) is 0 Å². The number of hydrogen-bond donors (Lipinski definition) is 1. The molecule has 0 aromatic heterocycles. The highest BCUT2D eigenvalue weighted by Gasteiger charge is 2.31. The Hall–Kier alpha value is -1.88. The van der Waals surface area contributed by atoms with E-state index >= 15 is 0 Å². The average molecular weight is 275 g/mol. The van der Waals surface area contributed by atoms with Crippen LogP contribution in [-0.2, 0) is 9.59 Å². The first kappa shape index (κ1) is 14.5. The van der Waals surface area contributed by atoms with E-state index in [0.717, 1.165) is 31.5 Å². The lowest BCUT2D eigenvalue weighted by Gasteiger charge is -2.30. The molecule has 1 fully saturated rings. The van der Waals surface area contributed by atoms with Crippen LogP contribution in [0.15, 0.2) is 30.3 Å². The molecule has 2 rings (SSSR count). The predicted octanol–water partition coefficient (Wildman–Crippen LogP) is 0.767. The number of amides is 2. The summed E-state index contributed by atoms with van der Waals surface area (Å²) in [6.45, 7) is 1.66. The number of carbonyl (C=O) groups is 2. The molecule has 108 valence electrons. The zero-order valence-corrected chi connectivity index (χ0v) is 11.8. The molecule has 2 amide bonds. The second kappa shape index (κ2) is 6.52. The van der Waals surface area contributed by atoms with Crippen LogP contribution >= 0.6 is 0 Å². The second-order valence-electron chi connectivity index (χ2n) is 5.23. The number of primary amides is 1. The van der Waals surface area contributed by atoms with E-state index in [9.17, 15) is 9.59 Å². The molecule has 20 heavy (non-hydrogen) atoms. The third-order valence-electron chi connectivity index (χ3n) is 3.61. The Balaban J connectivity index is 2.23. The van der Waals surface area contributed by atoms with Crippen LogP contribution in [0.3, 0.4) is 0 Å². The fourth-order valence-corrected chi connectivity index (χ4v) is 2.67. The van der Waals surface area contributed by atoms with Gasteiger partial charge in [-0.2, -0.15) is 0 Å². The van der Waals surface area contributed by atoms with Crippen molar-refractivity contribution in [3.05, 3.63) is 35.9 Å². The van der Waals surface area contributed by atoms with Crippen LogP contribution in [-0.4, -0.2) is 48.3 Å². The summed E-state index contributed by atoms with van der Waals surface area (Å²) < 4.78 is 0. The molecule has 0 saturated carbocycles. The molecule has 0 spiro atoms. The number of hydrogen-bond acceptors (Lipinski definition) is 3. The van der Waals surface area contributed by atoms with E-state index in [-0.39, 0.29) is 12.5 Å². The molecular formula is C15H21N3O2. The third kappa shape index (κ3) is 3.36. The van der Waals surface area contributed by atoms with E-state index in [1.807, 2.05) is 35.2 Å². The maximum atomic E-state index is 12.7. The summed E-state index contributed by atoms with van der Waals surface area (Å²) in [5.74, 6) is -0.375. The summed E-state index contributed by atoms with van der Waals surface area (Å²) in [6, 6.07) is 9.10. The lowest BCUT2D eigenvalue weighted by Crippen LogP contribution is -2.43. The second-order valence-corrected chi connectivity index (χ2v) is 5.23. The summed E-state index contributed by atoms with van der Waals surface area (Å²) in [5.41, 5.74) is 6.15. The number of nitrogens with zero attached hydrogens (tertiary/aromatic N) is 2. The van der Waals surface area contributed by atoms with Crippen molar-refractivity contribution in [3.8, 4) is 0 Å². The monoisotopic (exact) mass is 275 g/mol. The maximum absolute atomic E-state index is 12.7. The Morgan fingerprint density at radius 1 is 1.25 bits per heavy atom. The number of likely N-dealkylation sites (tertiary alicyclic amines) is 1. The highest BCUT2D eigenvalue weighted by atomic mass is 16.2. The summed E-state index contributed by atoms with van der Waals surface area (Å²) in [5, 5.41) is 0. The van der Waals surface area contributed by atoms with Gasteiger partial charge in [0.1, 0.15) is 6.04 Å². The fraction of sp³-hybridized carbons (Fsp3) is 0.467. The molecule has 5 nitrogen and oxygen atoms in total. The van der Waals surface area contributed by atoms with Crippen LogP contribution in [0, 0.1) is 0 Å². The van der Waals surface area contributed by atoms with Crippen LogP contribution in [0.1, 0.15) is 24.4 Å². The summed E-state index contributed by atoms with van der Waals surface area (Å²) in [6.07, 6.45) is 2.10. The molecule has 0 bridgehead atoms. The van der Waals surface area contributed by atoms with Gasteiger partial charge in [-0.1, -0.05) is 30.3 Å². The molecule has 5 heteroatoms. The molecule has 1 saturated heterocycles. The standard InChI is InChI=1S/C15H21N3O2/c1-17(11-13(16)19)14(12-7-3-2-4-8-12)15(20)18-9-5-6-10-18/h2-4,7-8,14H,5-6,9-11H2,1H3,(H2,16,19). The van der Waals surface area contributed by atoms with Crippen molar-refractivity contribution in [2.75, 3.05) is 26.7 Å². The molecule has 1 atom stereocenters.